The van der Waals surface area contributed by atoms with Gasteiger partial charge in [0.15, 0.2) is 0 Å². The van der Waals surface area contributed by atoms with Gasteiger partial charge in [-0.15, -0.1) is 0 Å². The summed E-state index contributed by atoms with van der Waals surface area (Å²) in [7, 11) is 1.39. The van der Waals surface area contributed by atoms with Gasteiger partial charge in [0, 0.05) is 25.6 Å². The molecule has 1 aromatic rings. The Morgan fingerprint density at radius 1 is 1.33 bits per heavy atom. The Morgan fingerprint density at radius 2 is 2.12 bits per heavy atom. The lowest BCUT2D eigenvalue weighted by atomic mass is 10.1. The lowest BCUT2D eigenvalue weighted by Crippen LogP contribution is -2.38. The molecule has 1 atom stereocenters. The molecule has 0 N–H and O–H groups in total. The number of aryl methyl sites for hydroxylation is 1. The van der Waals surface area contributed by atoms with Crippen molar-refractivity contribution in [3.8, 4) is 0 Å². The summed E-state index contributed by atoms with van der Waals surface area (Å²) in [4.78, 5) is 18.5. The van der Waals surface area contributed by atoms with Crippen LogP contribution in [0.4, 0.5) is 5.82 Å². The number of anilines is 1. The van der Waals surface area contributed by atoms with Crippen LogP contribution < -0.4 is 4.90 Å². The van der Waals surface area contributed by atoms with Gasteiger partial charge in [-0.1, -0.05) is 0 Å². The van der Waals surface area contributed by atoms with E-state index in [1.807, 2.05) is 13.0 Å². The normalized spacial score (nSPS) is 21.9. The summed E-state index contributed by atoms with van der Waals surface area (Å²) in [5.41, 5.74) is 1.23. The van der Waals surface area contributed by atoms with E-state index < -0.39 is 0 Å². The number of hydrogen-bond donors (Lipinski definition) is 0. The van der Waals surface area contributed by atoms with Crippen molar-refractivity contribution in [3.63, 3.8) is 0 Å². The van der Waals surface area contributed by atoms with Crippen LogP contribution in [0.3, 0.4) is 0 Å². The molecule has 0 radical (unpaired) electrons. The molecule has 2 aliphatic heterocycles. The Morgan fingerprint density at radius 3 is 2.75 bits per heavy atom. The molecule has 0 saturated carbocycles. The molecule has 6 nitrogen and oxygen atoms in total. The molecule has 2 saturated heterocycles. The molecule has 0 spiro atoms. The number of pyridine rings is 1. The molecule has 3 heterocycles. The molecule has 1 unspecified atom stereocenters. The molecule has 2 fully saturated rings. The monoisotopic (exact) mass is 334 g/mol. The van der Waals surface area contributed by atoms with E-state index >= 15 is 0 Å². The van der Waals surface area contributed by atoms with Gasteiger partial charge in [0.05, 0.1) is 37.7 Å². The third-order valence-electron chi connectivity index (χ3n) is 4.83. The highest BCUT2D eigenvalue weighted by Crippen LogP contribution is 2.22. The fourth-order valence-corrected chi connectivity index (χ4v) is 3.29. The minimum absolute atomic E-state index is 0.331. The second-order valence-corrected chi connectivity index (χ2v) is 6.54. The highest BCUT2D eigenvalue weighted by Gasteiger charge is 2.23. The first kappa shape index (κ1) is 17.2. The summed E-state index contributed by atoms with van der Waals surface area (Å²) in [6, 6.07) is 3.70. The maximum absolute atomic E-state index is 11.6. The smallest absolute Gasteiger partial charge is 0.339 e. The van der Waals surface area contributed by atoms with E-state index in [1.54, 1.807) is 6.07 Å². The van der Waals surface area contributed by atoms with Crippen molar-refractivity contribution in [1.29, 1.82) is 0 Å². The second kappa shape index (κ2) is 7.94. The van der Waals surface area contributed by atoms with E-state index in [4.69, 9.17) is 14.2 Å². The van der Waals surface area contributed by atoms with Crippen molar-refractivity contribution in [2.75, 3.05) is 44.9 Å². The Bertz CT molecular complexity index is 564. The molecule has 0 aliphatic carbocycles. The van der Waals surface area contributed by atoms with Crippen LogP contribution in [-0.4, -0.2) is 57.1 Å². The molecule has 132 valence electrons. The molecule has 2 aliphatic rings. The SMILES string of the molecule is COC(=O)c1ccc(N2CCC(OCC3CCOC3)CC2)nc1C. The van der Waals surface area contributed by atoms with Crippen LogP contribution in [-0.2, 0) is 14.2 Å². The van der Waals surface area contributed by atoms with Crippen LogP contribution in [0.2, 0.25) is 0 Å². The number of carbonyl (C=O) groups excluding carboxylic acids is 1. The number of rotatable bonds is 5. The third-order valence-corrected chi connectivity index (χ3v) is 4.83. The van der Waals surface area contributed by atoms with E-state index in [1.165, 1.54) is 7.11 Å². The number of methoxy groups -OCH3 is 1. The van der Waals surface area contributed by atoms with Gasteiger partial charge in [0.1, 0.15) is 5.82 Å². The number of nitrogens with zero attached hydrogens (tertiary/aromatic N) is 2. The zero-order chi connectivity index (χ0) is 16.9. The molecule has 0 bridgehead atoms. The highest BCUT2D eigenvalue weighted by molar-refractivity contribution is 5.90. The average molecular weight is 334 g/mol. The van der Waals surface area contributed by atoms with Crippen molar-refractivity contribution in [2.24, 2.45) is 5.92 Å². The topological polar surface area (TPSA) is 60.9 Å². The number of ether oxygens (including phenoxy) is 3. The molecule has 6 heteroatoms. The van der Waals surface area contributed by atoms with E-state index in [-0.39, 0.29) is 5.97 Å². The summed E-state index contributed by atoms with van der Waals surface area (Å²) in [5, 5.41) is 0. The molecule has 0 aromatic carbocycles. The van der Waals surface area contributed by atoms with Crippen molar-refractivity contribution >= 4 is 11.8 Å². The van der Waals surface area contributed by atoms with Gasteiger partial charge in [-0.3, -0.25) is 0 Å². The fraction of sp³-hybridized carbons (Fsp3) is 0.667. The summed E-state index contributed by atoms with van der Waals surface area (Å²) in [6.07, 6.45) is 3.46. The second-order valence-electron chi connectivity index (χ2n) is 6.54. The van der Waals surface area contributed by atoms with E-state index in [9.17, 15) is 4.79 Å². The van der Waals surface area contributed by atoms with Gasteiger partial charge in [0.2, 0.25) is 0 Å². The lowest BCUT2D eigenvalue weighted by molar-refractivity contribution is 0.0131. The Balaban J connectivity index is 1.50. The standard InChI is InChI=1S/C18H26N2O4/c1-13-16(18(21)22-2)3-4-17(19-13)20-8-5-15(6-9-20)24-12-14-7-10-23-11-14/h3-4,14-15H,5-12H2,1-2H3. The van der Waals surface area contributed by atoms with Gasteiger partial charge >= 0.3 is 5.97 Å². The minimum atomic E-state index is -0.338. The molecule has 1 aromatic heterocycles. The van der Waals surface area contributed by atoms with Crippen LogP contribution in [0, 0.1) is 12.8 Å². The predicted molar refractivity (Wildman–Crippen MR) is 90.4 cm³/mol. The van der Waals surface area contributed by atoms with Gasteiger partial charge in [0.25, 0.3) is 0 Å². The zero-order valence-corrected chi connectivity index (χ0v) is 14.5. The summed E-state index contributed by atoms with van der Waals surface area (Å²) < 4.78 is 16.2. The molecular weight excluding hydrogens is 308 g/mol. The van der Waals surface area contributed by atoms with Crippen LogP contribution >= 0.6 is 0 Å². The number of piperidine rings is 1. The lowest BCUT2D eigenvalue weighted by Gasteiger charge is -2.33. The Hall–Kier alpha value is -1.66. The number of aromatic nitrogens is 1. The third kappa shape index (κ3) is 4.05. The van der Waals surface area contributed by atoms with Gasteiger partial charge < -0.3 is 19.1 Å². The molecule has 0 amide bonds. The highest BCUT2D eigenvalue weighted by atomic mass is 16.5. The van der Waals surface area contributed by atoms with Crippen molar-refractivity contribution in [2.45, 2.75) is 32.3 Å². The zero-order valence-electron chi connectivity index (χ0n) is 14.5. The van der Waals surface area contributed by atoms with Crippen LogP contribution in [0.15, 0.2) is 12.1 Å². The van der Waals surface area contributed by atoms with Crippen LogP contribution in [0.5, 0.6) is 0 Å². The van der Waals surface area contributed by atoms with Crippen LogP contribution in [0.25, 0.3) is 0 Å². The minimum Gasteiger partial charge on any atom is -0.465 e. The van der Waals surface area contributed by atoms with E-state index in [0.29, 0.717) is 23.3 Å². The Kier molecular flexibility index (Phi) is 5.68. The van der Waals surface area contributed by atoms with E-state index in [0.717, 1.165) is 58.0 Å². The predicted octanol–water partition coefficient (Wildman–Crippen LogP) is 2.20. The first-order valence-electron chi connectivity index (χ1n) is 8.67. The fourth-order valence-electron chi connectivity index (χ4n) is 3.29. The number of esters is 1. The van der Waals surface area contributed by atoms with Gasteiger partial charge in [-0.25, -0.2) is 9.78 Å². The van der Waals surface area contributed by atoms with Crippen molar-refractivity contribution in [1.82, 2.24) is 4.98 Å². The summed E-state index contributed by atoms with van der Waals surface area (Å²) in [5.74, 6) is 1.15. The molecular formula is C18H26N2O4. The first-order valence-corrected chi connectivity index (χ1v) is 8.67. The number of carbonyl (C=O) groups is 1. The van der Waals surface area contributed by atoms with Crippen molar-refractivity contribution < 1.29 is 19.0 Å². The van der Waals surface area contributed by atoms with Crippen LogP contribution in [0.1, 0.15) is 35.3 Å². The van der Waals surface area contributed by atoms with Gasteiger partial charge in [-0.05, 0) is 38.3 Å². The molecule has 24 heavy (non-hydrogen) atoms. The van der Waals surface area contributed by atoms with Gasteiger partial charge in [-0.2, -0.15) is 0 Å². The van der Waals surface area contributed by atoms with E-state index in [2.05, 4.69) is 9.88 Å². The quantitative estimate of drug-likeness (QED) is 0.770. The largest absolute Gasteiger partial charge is 0.465 e. The first-order chi connectivity index (χ1) is 11.7. The average Bonchev–Trinajstić information content (AvgIpc) is 3.13. The maximum Gasteiger partial charge on any atom is 0.339 e. The summed E-state index contributed by atoms with van der Waals surface area (Å²) in [6.45, 7) is 6.23. The number of hydrogen-bond acceptors (Lipinski definition) is 6. The molecule has 3 rings (SSSR count). The summed E-state index contributed by atoms with van der Waals surface area (Å²) >= 11 is 0. The van der Waals surface area contributed by atoms with Crippen molar-refractivity contribution in [3.05, 3.63) is 23.4 Å². The maximum atomic E-state index is 11.6. The Labute approximate surface area is 143 Å².